The van der Waals surface area contributed by atoms with Gasteiger partial charge >= 0.3 is 0 Å². The number of halogens is 1. The summed E-state index contributed by atoms with van der Waals surface area (Å²) >= 11 is 6.08. The van der Waals surface area contributed by atoms with Gasteiger partial charge in [0.05, 0.1) is 11.4 Å². The Balaban J connectivity index is 1.73. The Morgan fingerprint density at radius 3 is 2.84 bits per heavy atom. The van der Waals surface area contributed by atoms with Crippen molar-refractivity contribution in [2.24, 2.45) is 0 Å². The van der Waals surface area contributed by atoms with E-state index in [-0.39, 0.29) is 11.7 Å². The zero-order valence-corrected chi connectivity index (χ0v) is 14.0. The summed E-state index contributed by atoms with van der Waals surface area (Å²) in [6.07, 6.45) is 2.97. The number of para-hydroxylation sites is 1. The Labute approximate surface area is 148 Å². The second-order valence-electron chi connectivity index (χ2n) is 5.51. The first kappa shape index (κ1) is 15.4. The van der Waals surface area contributed by atoms with Crippen LogP contribution in [0, 0.1) is 6.92 Å². The molecule has 4 rings (SSSR count). The molecular formula is C18H13ClN4O2. The lowest BCUT2D eigenvalue weighted by Gasteiger charge is -2.10. The molecule has 0 aliphatic heterocycles. The van der Waals surface area contributed by atoms with Crippen LogP contribution in [0.2, 0.25) is 5.02 Å². The van der Waals surface area contributed by atoms with E-state index in [2.05, 4.69) is 15.4 Å². The van der Waals surface area contributed by atoms with E-state index >= 15 is 0 Å². The van der Waals surface area contributed by atoms with Crippen molar-refractivity contribution in [3.8, 4) is 5.69 Å². The van der Waals surface area contributed by atoms with E-state index in [1.165, 1.54) is 6.33 Å². The highest BCUT2D eigenvalue weighted by Gasteiger charge is 2.19. The predicted octanol–water partition coefficient (Wildman–Crippen LogP) is 4.23. The fraction of sp³-hybridized carbons (Fsp3) is 0.0556. The molecule has 0 saturated heterocycles. The molecule has 0 fully saturated rings. The molecule has 124 valence electrons. The number of fused-ring (bicyclic) bond motifs is 1. The molecule has 0 atom stereocenters. The molecule has 1 N–H and O–H groups in total. The molecule has 2 aromatic carbocycles. The van der Waals surface area contributed by atoms with Gasteiger partial charge in [-0.3, -0.25) is 4.79 Å². The number of aromatic nitrogens is 3. The molecule has 0 unspecified atom stereocenters. The normalized spacial score (nSPS) is 11.0. The number of hydrogen-bond acceptors (Lipinski definition) is 4. The van der Waals surface area contributed by atoms with E-state index in [4.69, 9.17) is 16.0 Å². The number of nitrogens with one attached hydrogen (secondary N) is 1. The van der Waals surface area contributed by atoms with Gasteiger partial charge in [0.25, 0.3) is 5.91 Å². The van der Waals surface area contributed by atoms with Gasteiger partial charge in [-0.15, -0.1) is 0 Å². The van der Waals surface area contributed by atoms with Crippen molar-refractivity contribution >= 4 is 34.2 Å². The maximum absolute atomic E-state index is 12.7. The second kappa shape index (κ2) is 6.07. The zero-order chi connectivity index (χ0) is 17.4. The van der Waals surface area contributed by atoms with Gasteiger partial charge in [0.2, 0.25) is 0 Å². The summed E-state index contributed by atoms with van der Waals surface area (Å²) < 4.78 is 7.27. The van der Waals surface area contributed by atoms with Gasteiger partial charge in [0.15, 0.2) is 5.76 Å². The summed E-state index contributed by atoms with van der Waals surface area (Å²) in [7, 11) is 0. The van der Waals surface area contributed by atoms with Crippen molar-refractivity contribution in [2.75, 3.05) is 5.32 Å². The minimum absolute atomic E-state index is 0.269. The largest absolute Gasteiger partial charge is 0.451 e. The van der Waals surface area contributed by atoms with Crippen LogP contribution in [0.5, 0.6) is 0 Å². The van der Waals surface area contributed by atoms with Crippen LogP contribution in [0.15, 0.2) is 59.5 Å². The van der Waals surface area contributed by atoms with Crippen LogP contribution in [0.4, 0.5) is 5.69 Å². The summed E-state index contributed by atoms with van der Waals surface area (Å²) in [6, 6.07) is 12.7. The van der Waals surface area contributed by atoms with Crippen molar-refractivity contribution in [1.82, 2.24) is 14.8 Å². The lowest BCUT2D eigenvalue weighted by Crippen LogP contribution is -2.14. The first-order valence-electron chi connectivity index (χ1n) is 7.57. The smallest absolute Gasteiger partial charge is 0.291 e. The predicted molar refractivity (Wildman–Crippen MR) is 95.3 cm³/mol. The van der Waals surface area contributed by atoms with Crippen LogP contribution < -0.4 is 5.32 Å². The lowest BCUT2D eigenvalue weighted by atomic mass is 10.1. The minimum Gasteiger partial charge on any atom is -0.451 e. The van der Waals surface area contributed by atoms with E-state index in [0.717, 1.165) is 10.9 Å². The van der Waals surface area contributed by atoms with E-state index in [9.17, 15) is 4.79 Å². The quantitative estimate of drug-likeness (QED) is 0.599. The number of hydrogen-bond donors (Lipinski definition) is 1. The molecule has 4 aromatic rings. The molecule has 6 nitrogen and oxygen atoms in total. The number of carbonyl (C=O) groups excluding carboxylic acids is 1. The zero-order valence-electron chi connectivity index (χ0n) is 13.2. The monoisotopic (exact) mass is 352 g/mol. The van der Waals surface area contributed by atoms with Gasteiger partial charge in [-0.2, -0.15) is 5.10 Å². The summed E-state index contributed by atoms with van der Waals surface area (Å²) in [5.74, 6) is -0.0805. The summed E-state index contributed by atoms with van der Waals surface area (Å²) in [5.41, 5.74) is 2.64. The average molecular weight is 353 g/mol. The average Bonchev–Trinajstić information content (AvgIpc) is 3.24. The third-order valence-corrected chi connectivity index (χ3v) is 4.16. The van der Waals surface area contributed by atoms with Gasteiger partial charge in [0.1, 0.15) is 18.2 Å². The Bertz CT molecular complexity index is 1070. The van der Waals surface area contributed by atoms with Gasteiger partial charge in [-0.25, -0.2) is 9.67 Å². The number of aryl methyl sites for hydroxylation is 1. The number of furan rings is 1. The Kier molecular flexibility index (Phi) is 3.74. The molecule has 0 saturated carbocycles. The number of amides is 1. The summed E-state index contributed by atoms with van der Waals surface area (Å²) in [6.45, 7) is 1.86. The SMILES string of the molecule is Cc1c(C(=O)Nc2cc(Cl)ccc2-n2cncn2)oc2ccccc12. The summed E-state index contributed by atoms with van der Waals surface area (Å²) in [5, 5.41) is 8.36. The summed E-state index contributed by atoms with van der Waals surface area (Å²) in [4.78, 5) is 16.7. The molecule has 0 bridgehead atoms. The molecule has 2 heterocycles. The molecule has 0 radical (unpaired) electrons. The highest BCUT2D eigenvalue weighted by Crippen LogP contribution is 2.28. The number of benzene rings is 2. The van der Waals surface area contributed by atoms with E-state index < -0.39 is 0 Å². The maximum atomic E-state index is 12.7. The third kappa shape index (κ3) is 2.77. The molecule has 7 heteroatoms. The Hall–Kier alpha value is -3.12. The van der Waals surface area contributed by atoms with E-state index in [1.807, 2.05) is 31.2 Å². The van der Waals surface area contributed by atoms with Crippen molar-refractivity contribution in [3.05, 3.63) is 71.5 Å². The molecule has 2 aromatic heterocycles. The highest BCUT2D eigenvalue weighted by molar-refractivity contribution is 6.31. The molecule has 0 spiro atoms. The van der Waals surface area contributed by atoms with Crippen LogP contribution >= 0.6 is 11.6 Å². The first-order valence-corrected chi connectivity index (χ1v) is 7.95. The number of carbonyl (C=O) groups is 1. The molecule has 1 amide bonds. The van der Waals surface area contributed by atoms with Crippen LogP contribution in [-0.2, 0) is 0 Å². The third-order valence-electron chi connectivity index (χ3n) is 3.92. The highest BCUT2D eigenvalue weighted by atomic mass is 35.5. The van der Waals surface area contributed by atoms with Gasteiger partial charge in [0, 0.05) is 16.0 Å². The fourth-order valence-electron chi connectivity index (χ4n) is 2.71. The topological polar surface area (TPSA) is 73.0 Å². The van der Waals surface area contributed by atoms with Crippen molar-refractivity contribution in [3.63, 3.8) is 0 Å². The van der Waals surface area contributed by atoms with Crippen LogP contribution in [0.3, 0.4) is 0 Å². The van der Waals surface area contributed by atoms with Crippen molar-refractivity contribution in [2.45, 2.75) is 6.92 Å². The standard InChI is InChI=1S/C18H13ClN4O2/c1-11-13-4-2-3-5-16(13)25-17(11)18(24)22-14-8-12(19)6-7-15(14)23-10-20-9-21-23/h2-10H,1H3,(H,22,24). The molecule has 0 aliphatic rings. The number of rotatable bonds is 3. The van der Waals surface area contributed by atoms with Crippen molar-refractivity contribution in [1.29, 1.82) is 0 Å². The first-order chi connectivity index (χ1) is 12.1. The number of nitrogens with zero attached hydrogens (tertiary/aromatic N) is 3. The maximum Gasteiger partial charge on any atom is 0.291 e. The van der Waals surface area contributed by atoms with Gasteiger partial charge < -0.3 is 9.73 Å². The fourth-order valence-corrected chi connectivity index (χ4v) is 2.88. The minimum atomic E-state index is -0.350. The molecule has 0 aliphatic carbocycles. The van der Waals surface area contributed by atoms with Crippen LogP contribution in [-0.4, -0.2) is 20.7 Å². The van der Waals surface area contributed by atoms with Gasteiger partial charge in [-0.05, 0) is 31.2 Å². The molecule has 25 heavy (non-hydrogen) atoms. The van der Waals surface area contributed by atoms with Crippen molar-refractivity contribution < 1.29 is 9.21 Å². The Morgan fingerprint density at radius 2 is 2.08 bits per heavy atom. The Morgan fingerprint density at radius 1 is 1.24 bits per heavy atom. The van der Waals surface area contributed by atoms with E-state index in [0.29, 0.717) is 22.0 Å². The van der Waals surface area contributed by atoms with E-state index in [1.54, 1.807) is 29.2 Å². The second-order valence-corrected chi connectivity index (χ2v) is 5.94. The number of anilines is 1. The van der Waals surface area contributed by atoms with Crippen LogP contribution in [0.1, 0.15) is 16.1 Å². The lowest BCUT2D eigenvalue weighted by molar-refractivity contribution is 0.0998. The van der Waals surface area contributed by atoms with Gasteiger partial charge in [-0.1, -0.05) is 29.8 Å². The van der Waals surface area contributed by atoms with Crippen LogP contribution in [0.25, 0.3) is 16.7 Å². The molecular weight excluding hydrogens is 340 g/mol.